The number of pyridine rings is 1. The molecule has 0 atom stereocenters. The molecule has 0 amide bonds. The highest BCUT2D eigenvalue weighted by Gasteiger charge is 2.07. The van der Waals surface area contributed by atoms with Crippen LogP contribution in [0.2, 0.25) is 0 Å². The van der Waals surface area contributed by atoms with Crippen LogP contribution in [-0.2, 0) is 6.54 Å². The fraction of sp³-hybridized carbons (Fsp3) is 0.0667. The second-order valence-corrected chi connectivity index (χ2v) is 4.37. The van der Waals surface area contributed by atoms with Crippen molar-refractivity contribution in [2.75, 3.05) is 5.32 Å². The highest BCUT2D eigenvalue weighted by molar-refractivity contribution is 5.62. The summed E-state index contributed by atoms with van der Waals surface area (Å²) in [4.78, 5) is 4.10. The summed E-state index contributed by atoms with van der Waals surface area (Å²) in [6.45, 7) is 0.604. The van der Waals surface area contributed by atoms with Crippen LogP contribution in [0.4, 0.5) is 10.1 Å². The third-order valence-electron chi connectivity index (χ3n) is 3.00. The van der Waals surface area contributed by atoms with Crippen molar-refractivity contribution in [3.8, 4) is 11.3 Å². The minimum atomic E-state index is -0.241. The lowest BCUT2D eigenvalue weighted by atomic mass is 10.1. The lowest BCUT2D eigenvalue weighted by Crippen LogP contribution is -2.00. The minimum Gasteiger partial charge on any atom is -0.381 e. The van der Waals surface area contributed by atoms with Gasteiger partial charge in [-0.05, 0) is 36.4 Å². The van der Waals surface area contributed by atoms with Crippen LogP contribution < -0.4 is 5.32 Å². The zero-order valence-electron chi connectivity index (χ0n) is 10.7. The number of rotatable bonds is 4. The SMILES string of the molecule is Fc1ccc(NCc2cn[nH]c2-c2cccnc2)cc1. The largest absolute Gasteiger partial charge is 0.381 e. The molecular weight excluding hydrogens is 255 g/mol. The summed E-state index contributed by atoms with van der Waals surface area (Å²) in [7, 11) is 0. The Hall–Kier alpha value is -2.69. The normalized spacial score (nSPS) is 10.4. The third-order valence-corrected chi connectivity index (χ3v) is 3.00. The molecule has 0 spiro atoms. The number of H-pyrrole nitrogens is 1. The van der Waals surface area contributed by atoms with Gasteiger partial charge in [0.1, 0.15) is 5.82 Å². The van der Waals surface area contributed by atoms with Gasteiger partial charge in [0.05, 0.1) is 11.9 Å². The lowest BCUT2D eigenvalue weighted by Gasteiger charge is -2.07. The number of anilines is 1. The fourth-order valence-electron chi connectivity index (χ4n) is 1.97. The van der Waals surface area contributed by atoms with Crippen molar-refractivity contribution in [1.82, 2.24) is 15.2 Å². The van der Waals surface area contributed by atoms with Crippen molar-refractivity contribution >= 4 is 5.69 Å². The summed E-state index contributed by atoms with van der Waals surface area (Å²) < 4.78 is 12.8. The Labute approximate surface area is 115 Å². The smallest absolute Gasteiger partial charge is 0.123 e. The summed E-state index contributed by atoms with van der Waals surface area (Å²) in [6.07, 6.45) is 5.30. The molecular formula is C15H13FN4. The fourth-order valence-corrected chi connectivity index (χ4v) is 1.97. The highest BCUT2D eigenvalue weighted by atomic mass is 19.1. The molecule has 0 saturated carbocycles. The molecule has 0 saturated heterocycles. The first kappa shape index (κ1) is 12.3. The molecule has 1 aromatic carbocycles. The van der Waals surface area contributed by atoms with E-state index in [0.29, 0.717) is 6.54 Å². The number of aromatic amines is 1. The molecule has 0 bridgehead atoms. The molecule has 20 heavy (non-hydrogen) atoms. The van der Waals surface area contributed by atoms with Crippen LogP contribution in [0.15, 0.2) is 55.0 Å². The molecule has 0 radical (unpaired) electrons. The second-order valence-electron chi connectivity index (χ2n) is 4.37. The molecule has 100 valence electrons. The summed E-state index contributed by atoms with van der Waals surface area (Å²) in [6, 6.07) is 10.1. The van der Waals surface area contributed by atoms with Gasteiger partial charge in [0.25, 0.3) is 0 Å². The summed E-state index contributed by atoms with van der Waals surface area (Å²) >= 11 is 0. The first-order valence-corrected chi connectivity index (χ1v) is 6.25. The van der Waals surface area contributed by atoms with E-state index in [4.69, 9.17) is 0 Å². The van der Waals surface area contributed by atoms with Crippen molar-refractivity contribution in [2.45, 2.75) is 6.54 Å². The molecule has 2 aromatic heterocycles. The maximum absolute atomic E-state index is 12.8. The van der Waals surface area contributed by atoms with Gasteiger partial charge < -0.3 is 5.32 Å². The van der Waals surface area contributed by atoms with E-state index >= 15 is 0 Å². The van der Waals surface area contributed by atoms with Crippen molar-refractivity contribution in [2.24, 2.45) is 0 Å². The van der Waals surface area contributed by atoms with E-state index in [1.807, 2.05) is 12.1 Å². The maximum atomic E-state index is 12.8. The van der Waals surface area contributed by atoms with Crippen LogP contribution in [-0.4, -0.2) is 15.2 Å². The van der Waals surface area contributed by atoms with Crippen LogP contribution >= 0.6 is 0 Å². The van der Waals surface area contributed by atoms with Gasteiger partial charge >= 0.3 is 0 Å². The molecule has 3 aromatic rings. The van der Waals surface area contributed by atoms with Crippen LogP contribution in [0.1, 0.15) is 5.56 Å². The Morgan fingerprint density at radius 1 is 1.10 bits per heavy atom. The van der Waals surface area contributed by atoms with E-state index in [2.05, 4.69) is 20.5 Å². The van der Waals surface area contributed by atoms with E-state index in [-0.39, 0.29) is 5.82 Å². The first-order chi connectivity index (χ1) is 9.83. The molecule has 3 rings (SSSR count). The van der Waals surface area contributed by atoms with Gasteiger partial charge in [0.2, 0.25) is 0 Å². The number of halogens is 1. The Balaban J connectivity index is 1.76. The lowest BCUT2D eigenvalue weighted by molar-refractivity contribution is 0.628. The van der Waals surface area contributed by atoms with Crippen LogP contribution in [0.3, 0.4) is 0 Å². The zero-order valence-corrected chi connectivity index (χ0v) is 10.7. The van der Waals surface area contributed by atoms with Gasteiger partial charge in [-0.15, -0.1) is 0 Å². The quantitative estimate of drug-likeness (QED) is 0.764. The predicted octanol–water partition coefficient (Wildman–Crippen LogP) is 3.22. The monoisotopic (exact) mass is 268 g/mol. The Morgan fingerprint density at radius 3 is 2.70 bits per heavy atom. The number of nitrogens with zero attached hydrogens (tertiary/aromatic N) is 2. The molecule has 0 aliphatic carbocycles. The average Bonchev–Trinajstić information content (AvgIpc) is 2.96. The second kappa shape index (κ2) is 5.52. The summed E-state index contributed by atoms with van der Waals surface area (Å²) in [5, 5.41) is 10.3. The van der Waals surface area contributed by atoms with E-state index < -0.39 is 0 Å². The number of hydrogen-bond donors (Lipinski definition) is 2. The molecule has 5 heteroatoms. The zero-order chi connectivity index (χ0) is 13.8. The average molecular weight is 268 g/mol. The van der Waals surface area contributed by atoms with Gasteiger partial charge in [0, 0.05) is 35.8 Å². The van der Waals surface area contributed by atoms with E-state index in [0.717, 1.165) is 22.5 Å². The number of benzene rings is 1. The van der Waals surface area contributed by atoms with E-state index in [9.17, 15) is 4.39 Å². The summed E-state index contributed by atoms with van der Waals surface area (Å²) in [5.74, 6) is -0.241. The number of nitrogens with one attached hydrogen (secondary N) is 2. The highest BCUT2D eigenvalue weighted by Crippen LogP contribution is 2.20. The molecule has 4 nitrogen and oxygen atoms in total. The Bertz CT molecular complexity index is 677. The number of aromatic nitrogens is 3. The van der Waals surface area contributed by atoms with E-state index in [1.54, 1.807) is 30.7 Å². The van der Waals surface area contributed by atoms with Crippen LogP contribution in [0.25, 0.3) is 11.3 Å². The van der Waals surface area contributed by atoms with Crippen molar-refractivity contribution < 1.29 is 4.39 Å². The molecule has 0 aliphatic heterocycles. The molecule has 2 N–H and O–H groups in total. The van der Waals surface area contributed by atoms with Gasteiger partial charge in [-0.2, -0.15) is 5.10 Å². The number of hydrogen-bond acceptors (Lipinski definition) is 3. The summed E-state index contributed by atoms with van der Waals surface area (Å²) in [5.41, 5.74) is 3.82. The Kier molecular flexibility index (Phi) is 3.41. The standard InChI is InChI=1S/C15H13FN4/c16-13-3-5-14(6-4-13)18-9-12-10-19-20-15(12)11-2-1-7-17-8-11/h1-8,10,18H,9H2,(H,19,20). The van der Waals surface area contributed by atoms with E-state index in [1.165, 1.54) is 12.1 Å². The molecule has 0 unspecified atom stereocenters. The van der Waals surface area contributed by atoms with Gasteiger partial charge in [-0.3, -0.25) is 10.1 Å². The molecule has 0 aliphatic rings. The van der Waals surface area contributed by atoms with Gasteiger partial charge in [-0.25, -0.2) is 4.39 Å². The molecule has 0 fully saturated rings. The first-order valence-electron chi connectivity index (χ1n) is 6.25. The third kappa shape index (κ3) is 2.66. The van der Waals surface area contributed by atoms with Crippen LogP contribution in [0, 0.1) is 5.82 Å². The molecule has 2 heterocycles. The van der Waals surface area contributed by atoms with Gasteiger partial charge in [0.15, 0.2) is 0 Å². The van der Waals surface area contributed by atoms with Gasteiger partial charge in [-0.1, -0.05) is 0 Å². The Morgan fingerprint density at radius 2 is 1.95 bits per heavy atom. The van der Waals surface area contributed by atoms with Crippen molar-refractivity contribution in [3.05, 3.63) is 66.4 Å². The topological polar surface area (TPSA) is 53.6 Å². The minimum absolute atomic E-state index is 0.241. The van der Waals surface area contributed by atoms with Crippen molar-refractivity contribution in [1.29, 1.82) is 0 Å². The predicted molar refractivity (Wildman–Crippen MR) is 75.5 cm³/mol. The van der Waals surface area contributed by atoms with Crippen LogP contribution in [0.5, 0.6) is 0 Å². The maximum Gasteiger partial charge on any atom is 0.123 e. The van der Waals surface area contributed by atoms with Crippen molar-refractivity contribution in [3.63, 3.8) is 0 Å².